The van der Waals surface area contributed by atoms with Gasteiger partial charge in [0.05, 0.1) is 12.8 Å². The second kappa shape index (κ2) is 10.5. The van der Waals surface area contributed by atoms with Crippen molar-refractivity contribution in [2.75, 3.05) is 31.2 Å². The summed E-state index contributed by atoms with van der Waals surface area (Å²) in [6, 6.07) is 11.9. The number of nitrogens with zero attached hydrogens (tertiary/aromatic N) is 4. The number of benzene rings is 1. The van der Waals surface area contributed by atoms with Gasteiger partial charge in [0, 0.05) is 19.3 Å². The minimum absolute atomic E-state index is 0.574. The summed E-state index contributed by atoms with van der Waals surface area (Å²) in [7, 11) is 0. The molecule has 144 valence electrons. The van der Waals surface area contributed by atoms with Crippen LogP contribution in [0.2, 0.25) is 0 Å². The van der Waals surface area contributed by atoms with Crippen LogP contribution in [-0.2, 0) is 4.84 Å². The lowest BCUT2D eigenvalue weighted by Crippen LogP contribution is -2.34. The highest BCUT2D eigenvalue weighted by atomic mass is 16.6. The van der Waals surface area contributed by atoms with Gasteiger partial charge in [0.1, 0.15) is 12.4 Å². The highest BCUT2D eigenvalue weighted by molar-refractivity contribution is 5.79. The van der Waals surface area contributed by atoms with Crippen molar-refractivity contribution < 1.29 is 9.57 Å². The lowest BCUT2D eigenvalue weighted by Gasteiger charge is -2.32. The number of piperidine rings is 1. The van der Waals surface area contributed by atoms with Crippen LogP contribution in [-0.4, -0.2) is 42.7 Å². The van der Waals surface area contributed by atoms with E-state index in [-0.39, 0.29) is 0 Å². The first kappa shape index (κ1) is 19.1. The highest BCUT2D eigenvalue weighted by Gasteiger charge is 2.19. The normalized spacial score (nSPS) is 15.2. The molecule has 0 saturated carbocycles. The van der Waals surface area contributed by atoms with E-state index < -0.39 is 0 Å². The van der Waals surface area contributed by atoms with E-state index in [0.717, 1.165) is 49.2 Å². The number of hydrogen-bond donors (Lipinski definition) is 0. The van der Waals surface area contributed by atoms with E-state index in [1.165, 1.54) is 19.3 Å². The highest BCUT2D eigenvalue weighted by Crippen LogP contribution is 2.24. The molecule has 1 saturated heterocycles. The van der Waals surface area contributed by atoms with E-state index >= 15 is 0 Å². The topological polar surface area (TPSA) is 59.8 Å². The second-order valence-corrected chi connectivity index (χ2v) is 6.73. The van der Waals surface area contributed by atoms with Crippen LogP contribution in [0.3, 0.4) is 0 Å². The summed E-state index contributed by atoms with van der Waals surface area (Å²) in [4.78, 5) is 7.33. The first-order valence-electron chi connectivity index (χ1n) is 9.76. The molecular formula is C21H28N4O2. The fraction of sp³-hybridized carbons (Fsp3) is 0.476. The molecule has 27 heavy (non-hydrogen) atoms. The third kappa shape index (κ3) is 6.24. The molecule has 3 rings (SSSR count). The van der Waals surface area contributed by atoms with Gasteiger partial charge in [-0.2, -0.15) is 5.10 Å². The van der Waals surface area contributed by atoms with Gasteiger partial charge in [0.2, 0.25) is 0 Å². The fourth-order valence-corrected chi connectivity index (χ4v) is 3.33. The van der Waals surface area contributed by atoms with Crippen LogP contribution in [0.15, 0.2) is 47.8 Å². The smallest absolute Gasteiger partial charge is 0.151 e. The van der Waals surface area contributed by atoms with Crippen LogP contribution in [0, 0.1) is 5.92 Å². The Morgan fingerprint density at radius 2 is 2.11 bits per heavy atom. The van der Waals surface area contributed by atoms with Gasteiger partial charge in [-0.1, -0.05) is 17.3 Å². The molecule has 0 aliphatic carbocycles. The number of aromatic nitrogens is 2. The predicted molar refractivity (Wildman–Crippen MR) is 107 cm³/mol. The van der Waals surface area contributed by atoms with Crippen molar-refractivity contribution in [1.82, 2.24) is 10.2 Å². The van der Waals surface area contributed by atoms with Crippen LogP contribution in [0.1, 0.15) is 38.2 Å². The average Bonchev–Trinajstić information content (AvgIpc) is 2.73. The molecule has 2 aromatic rings. The van der Waals surface area contributed by atoms with Crippen molar-refractivity contribution in [2.45, 2.75) is 32.6 Å². The van der Waals surface area contributed by atoms with Gasteiger partial charge in [-0.25, -0.2) is 0 Å². The zero-order valence-corrected chi connectivity index (χ0v) is 16.0. The van der Waals surface area contributed by atoms with Gasteiger partial charge in [-0.15, -0.1) is 5.10 Å². The molecule has 1 fully saturated rings. The molecule has 0 bridgehead atoms. The maximum Gasteiger partial charge on any atom is 0.151 e. The molecule has 1 aromatic carbocycles. The summed E-state index contributed by atoms with van der Waals surface area (Å²) in [5.41, 5.74) is 0.984. The number of ether oxygens (including phenoxy) is 1. The summed E-state index contributed by atoms with van der Waals surface area (Å²) >= 11 is 0. The van der Waals surface area contributed by atoms with E-state index in [1.807, 2.05) is 43.3 Å². The minimum atomic E-state index is 0.574. The Bertz CT molecular complexity index is 700. The molecule has 0 radical (unpaired) electrons. The average molecular weight is 368 g/mol. The van der Waals surface area contributed by atoms with Crippen LogP contribution < -0.4 is 9.64 Å². The largest absolute Gasteiger partial charge is 0.494 e. The quantitative estimate of drug-likeness (QED) is 0.381. The number of anilines is 1. The summed E-state index contributed by atoms with van der Waals surface area (Å²) in [5.74, 6) is 2.64. The second-order valence-electron chi connectivity index (χ2n) is 6.73. The summed E-state index contributed by atoms with van der Waals surface area (Å²) in [5, 5.41) is 12.1. The number of hydrogen-bond acceptors (Lipinski definition) is 6. The Morgan fingerprint density at radius 1 is 1.22 bits per heavy atom. The van der Waals surface area contributed by atoms with Crippen LogP contribution >= 0.6 is 0 Å². The van der Waals surface area contributed by atoms with Gasteiger partial charge >= 0.3 is 0 Å². The van der Waals surface area contributed by atoms with Gasteiger partial charge in [0.25, 0.3) is 0 Å². The molecule has 0 N–H and O–H groups in total. The Morgan fingerprint density at radius 3 is 2.89 bits per heavy atom. The van der Waals surface area contributed by atoms with Crippen molar-refractivity contribution in [2.24, 2.45) is 11.1 Å². The van der Waals surface area contributed by atoms with E-state index in [9.17, 15) is 0 Å². The van der Waals surface area contributed by atoms with Crippen molar-refractivity contribution in [1.29, 1.82) is 0 Å². The summed E-state index contributed by atoms with van der Waals surface area (Å²) < 4.78 is 5.90. The Labute approximate surface area is 161 Å². The third-order valence-electron chi connectivity index (χ3n) is 4.79. The Balaban J connectivity index is 1.35. The zero-order valence-electron chi connectivity index (χ0n) is 16.0. The van der Waals surface area contributed by atoms with E-state index in [4.69, 9.17) is 9.57 Å². The van der Waals surface area contributed by atoms with Crippen LogP contribution in [0.5, 0.6) is 5.75 Å². The van der Waals surface area contributed by atoms with E-state index in [2.05, 4.69) is 20.3 Å². The molecule has 0 spiro atoms. The monoisotopic (exact) mass is 368 g/mol. The standard InChI is InChI=1S/C21H28N4O2/c1-2-27-23-17-19-6-3-8-20(16-19)26-15-5-7-18-10-13-25(14-11-18)21-9-4-12-22-24-21/h3-4,6,8-9,12,16-18H,2,5,7,10-11,13-15H2,1H3. The molecule has 0 unspecified atom stereocenters. The molecule has 6 heteroatoms. The number of rotatable bonds is 9. The Hall–Kier alpha value is -2.63. The molecule has 0 amide bonds. The maximum absolute atomic E-state index is 5.90. The van der Waals surface area contributed by atoms with E-state index in [1.54, 1.807) is 12.4 Å². The summed E-state index contributed by atoms with van der Waals surface area (Å²) in [6.07, 6.45) is 8.13. The van der Waals surface area contributed by atoms with Gasteiger partial charge < -0.3 is 14.5 Å². The zero-order chi connectivity index (χ0) is 18.7. The molecule has 6 nitrogen and oxygen atoms in total. The first-order chi connectivity index (χ1) is 13.3. The molecule has 2 heterocycles. The van der Waals surface area contributed by atoms with Crippen molar-refractivity contribution in [3.05, 3.63) is 48.2 Å². The minimum Gasteiger partial charge on any atom is -0.494 e. The lowest BCUT2D eigenvalue weighted by molar-refractivity contribution is 0.160. The molecular weight excluding hydrogens is 340 g/mol. The molecule has 1 aliphatic heterocycles. The van der Waals surface area contributed by atoms with Gasteiger partial charge in [0.15, 0.2) is 5.82 Å². The SMILES string of the molecule is CCON=Cc1cccc(OCCCC2CCN(c3cccnn3)CC2)c1. The van der Waals surface area contributed by atoms with Crippen molar-refractivity contribution in [3.63, 3.8) is 0 Å². The molecule has 1 aliphatic rings. The van der Waals surface area contributed by atoms with Gasteiger partial charge in [-0.3, -0.25) is 0 Å². The fourth-order valence-electron chi connectivity index (χ4n) is 3.33. The molecule has 0 atom stereocenters. The van der Waals surface area contributed by atoms with Crippen molar-refractivity contribution >= 4 is 12.0 Å². The maximum atomic E-state index is 5.90. The lowest BCUT2D eigenvalue weighted by atomic mass is 9.92. The predicted octanol–water partition coefficient (Wildman–Crippen LogP) is 3.92. The van der Waals surface area contributed by atoms with Gasteiger partial charge in [-0.05, 0) is 68.4 Å². The van der Waals surface area contributed by atoms with Crippen LogP contribution in [0.25, 0.3) is 0 Å². The third-order valence-corrected chi connectivity index (χ3v) is 4.79. The summed E-state index contributed by atoms with van der Waals surface area (Å²) in [6.45, 7) is 5.36. The first-order valence-corrected chi connectivity index (χ1v) is 9.76. The Kier molecular flexibility index (Phi) is 7.45. The van der Waals surface area contributed by atoms with Crippen molar-refractivity contribution in [3.8, 4) is 5.75 Å². The molecule has 1 aromatic heterocycles. The van der Waals surface area contributed by atoms with E-state index in [0.29, 0.717) is 6.61 Å². The number of oxime groups is 1. The van der Waals surface area contributed by atoms with Crippen LogP contribution in [0.4, 0.5) is 5.82 Å².